The first-order valence-electron chi connectivity index (χ1n) is 15.3. The molecule has 248 valence electrons. The van der Waals surface area contributed by atoms with Gasteiger partial charge in [-0.25, -0.2) is 4.79 Å². The van der Waals surface area contributed by atoms with E-state index < -0.39 is 17.7 Å². The molecule has 6 rings (SSSR count). The maximum absolute atomic E-state index is 12.8. The lowest BCUT2D eigenvalue weighted by Crippen LogP contribution is -2.36. The van der Waals surface area contributed by atoms with E-state index in [0.717, 1.165) is 20.9 Å². The molecule has 0 aliphatic carbocycles. The Bertz CT molecular complexity index is 2180. The number of aromatic amines is 1. The minimum absolute atomic E-state index is 0.0778. The number of pyridine rings is 2. The maximum atomic E-state index is 12.8. The van der Waals surface area contributed by atoms with E-state index >= 15 is 0 Å². The summed E-state index contributed by atoms with van der Waals surface area (Å²) < 4.78 is 0. The van der Waals surface area contributed by atoms with Crippen molar-refractivity contribution in [3.8, 4) is 16.2 Å². The number of benzene rings is 3. The van der Waals surface area contributed by atoms with Crippen molar-refractivity contribution < 1.29 is 30.0 Å². The normalized spacial score (nSPS) is 13.1. The number of fused-ring (bicyclic) bond motifs is 1. The fourth-order valence-electron chi connectivity index (χ4n) is 5.55. The molecule has 0 radical (unpaired) electrons. The van der Waals surface area contributed by atoms with Crippen LogP contribution in [-0.4, -0.2) is 48.8 Å². The third-order valence-electron chi connectivity index (χ3n) is 8.14. The van der Waals surface area contributed by atoms with Gasteiger partial charge in [0.25, 0.3) is 5.91 Å². The molecule has 1 amide bonds. The van der Waals surface area contributed by atoms with Gasteiger partial charge in [-0.05, 0) is 58.7 Å². The third-order valence-corrected chi connectivity index (χ3v) is 9.28. The molecule has 0 saturated heterocycles. The molecule has 11 nitrogen and oxygen atoms in total. The predicted molar refractivity (Wildman–Crippen MR) is 185 cm³/mol. The van der Waals surface area contributed by atoms with E-state index in [4.69, 9.17) is 0 Å². The molecule has 2 unspecified atom stereocenters. The number of aliphatic hydroxyl groups excluding tert-OH is 1. The number of carboxylic acids is 1. The van der Waals surface area contributed by atoms with Crippen molar-refractivity contribution in [2.24, 2.45) is 0 Å². The van der Waals surface area contributed by atoms with E-state index in [2.05, 4.69) is 20.6 Å². The smallest absolute Gasteiger partial charge is 0.345 e. The van der Waals surface area contributed by atoms with Gasteiger partial charge in [-0.3, -0.25) is 14.6 Å². The van der Waals surface area contributed by atoms with Crippen LogP contribution in [0, 0.1) is 0 Å². The molecule has 3 aromatic carbocycles. The van der Waals surface area contributed by atoms with Crippen LogP contribution in [0.15, 0.2) is 114 Å². The lowest BCUT2D eigenvalue weighted by atomic mass is 9.85. The predicted octanol–water partition coefficient (Wildman–Crippen LogP) is 4.43. The average molecular weight is 677 g/mol. The molecule has 0 fully saturated rings. The zero-order valence-corrected chi connectivity index (χ0v) is 26.8. The number of aromatic nitrogens is 2. The highest BCUT2D eigenvalue weighted by molar-refractivity contribution is 7.15. The Hall–Kier alpha value is -5.66. The van der Waals surface area contributed by atoms with Crippen LogP contribution in [0.2, 0.25) is 0 Å². The lowest BCUT2D eigenvalue weighted by molar-refractivity contribution is -0.155. The molecule has 12 heteroatoms. The zero-order chi connectivity index (χ0) is 34.5. The number of nitrogens with one attached hydrogen (secondary N) is 3. The molecule has 7 N–H and O–H groups in total. The molecule has 0 spiro atoms. The molecule has 2 atom stereocenters. The maximum Gasteiger partial charge on any atom is 0.345 e. The Morgan fingerprint density at radius 1 is 0.898 bits per heavy atom. The van der Waals surface area contributed by atoms with Gasteiger partial charge in [0.2, 0.25) is 11.2 Å². The number of phenolic OH excluding ortho intramolecular Hbond substituents is 1. The van der Waals surface area contributed by atoms with Crippen LogP contribution in [0.1, 0.15) is 43.7 Å². The number of thiophene rings is 1. The molecule has 6 aromatic rings. The van der Waals surface area contributed by atoms with Crippen LogP contribution >= 0.6 is 11.3 Å². The number of phenols is 1. The molecule has 0 aliphatic heterocycles. The average Bonchev–Trinajstić information content (AvgIpc) is 3.60. The summed E-state index contributed by atoms with van der Waals surface area (Å²) in [5.74, 6) is -1.80. The van der Waals surface area contributed by atoms with Crippen molar-refractivity contribution in [2.45, 2.75) is 24.8 Å². The van der Waals surface area contributed by atoms with Crippen LogP contribution in [0.4, 0.5) is 0 Å². The Balaban J connectivity index is 1.03. The Labute approximate surface area is 284 Å². The molecular formula is C37H32N4O7S. The number of amides is 1. The Morgan fingerprint density at radius 3 is 2.45 bits per heavy atom. The van der Waals surface area contributed by atoms with Crippen LogP contribution in [0.25, 0.3) is 21.3 Å². The molecule has 49 heavy (non-hydrogen) atoms. The first kappa shape index (κ1) is 33.2. The monoisotopic (exact) mass is 676 g/mol. The van der Waals surface area contributed by atoms with Gasteiger partial charge in [0, 0.05) is 46.1 Å². The van der Waals surface area contributed by atoms with E-state index in [0.29, 0.717) is 17.5 Å². The highest BCUT2D eigenvalue weighted by Gasteiger charge is 2.40. The minimum atomic E-state index is -2.21. The van der Waals surface area contributed by atoms with E-state index in [9.17, 15) is 34.8 Å². The molecule has 0 aliphatic rings. The van der Waals surface area contributed by atoms with Gasteiger partial charge in [-0.1, -0.05) is 60.7 Å². The number of aliphatic hydroxyl groups is 2. The molecule has 0 saturated carbocycles. The summed E-state index contributed by atoms with van der Waals surface area (Å²) in [5, 5.41) is 48.6. The van der Waals surface area contributed by atoms with Gasteiger partial charge in [0.15, 0.2) is 0 Å². The van der Waals surface area contributed by atoms with E-state index in [1.807, 2.05) is 18.2 Å². The van der Waals surface area contributed by atoms with Crippen LogP contribution in [0.3, 0.4) is 0 Å². The van der Waals surface area contributed by atoms with E-state index in [1.165, 1.54) is 23.5 Å². The summed E-state index contributed by atoms with van der Waals surface area (Å²) >= 11 is 1.44. The molecular weight excluding hydrogens is 644 g/mol. The number of nitrogens with zero attached hydrogens (tertiary/aromatic N) is 1. The quantitative estimate of drug-likeness (QED) is 0.0985. The highest BCUT2D eigenvalue weighted by Crippen LogP contribution is 2.35. The summed E-state index contributed by atoms with van der Waals surface area (Å²) in [6.45, 7) is 0.837. The van der Waals surface area contributed by atoms with Gasteiger partial charge < -0.3 is 36.0 Å². The topological polar surface area (TPSA) is 185 Å². The van der Waals surface area contributed by atoms with Crippen LogP contribution in [0.5, 0.6) is 5.75 Å². The van der Waals surface area contributed by atoms with Crippen molar-refractivity contribution in [3.63, 3.8) is 0 Å². The zero-order valence-electron chi connectivity index (χ0n) is 26.0. The number of aliphatic carboxylic acids is 1. The van der Waals surface area contributed by atoms with Crippen molar-refractivity contribution in [2.75, 3.05) is 6.54 Å². The van der Waals surface area contributed by atoms with Crippen LogP contribution in [-0.2, 0) is 23.5 Å². The molecule has 3 aromatic heterocycles. The summed E-state index contributed by atoms with van der Waals surface area (Å²) in [6.07, 6.45) is 0.676. The first-order valence-corrected chi connectivity index (χ1v) is 16.1. The molecule has 3 heterocycles. The van der Waals surface area contributed by atoms with E-state index in [1.54, 1.807) is 79.0 Å². The second-order valence-electron chi connectivity index (χ2n) is 11.4. The fourth-order valence-corrected chi connectivity index (χ4v) is 6.50. The van der Waals surface area contributed by atoms with Crippen molar-refractivity contribution >= 4 is 34.1 Å². The second kappa shape index (κ2) is 14.2. The number of hydrogen-bond acceptors (Lipinski definition) is 9. The summed E-state index contributed by atoms with van der Waals surface area (Å²) in [5.41, 5.74) is 0.531. The van der Waals surface area contributed by atoms with Crippen LogP contribution < -0.4 is 16.2 Å². The SMILES string of the molecule is O=C(NCc1ccc(-c2cccc(C(O)(C(=O)O)c3ccccc3)c2)s1)c1ccc(CNCC(O)c2ccc(O)c3[nH]c(=O)ccc23)cn1. The largest absolute Gasteiger partial charge is 0.506 e. The minimum Gasteiger partial charge on any atom is -0.506 e. The highest BCUT2D eigenvalue weighted by atomic mass is 32.1. The van der Waals surface area contributed by atoms with Gasteiger partial charge in [0.05, 0.1) is 18.2 Å². The summed E-state index contributed by atoms with van der Waals surface area (Å²) in [7, 11) is 0. The summed E-state index contributed by atoms with van der Waals surface area (Å²) in [4.78, 5) is 45.3. The van der Waals surface area contributed by atoms with E-state index in [-0.39, 0.29) is 52.6 Å². The van der Waals surface area contributed by atoms with Gasteiger partial charge in [-0.2, -0.15) is 0 Å². The number of hydrogen-bond donors (Lipinski definition) is 7. The van der Waals surface area contributed by atoms with Crippen molar-refractivity contribution in [3.05, 3.63) is 153 Å². The number of carbonyl (C=O) groups excluding carboxylic acids is 1. The first-order chi connectivity index (χ1) is 23.6. The number of aromatic hydroxyl groups is 1. The Morgan fingerprint density at radius 2 is 1.69 bits per heavy atom. The Kier molecular flexibility index (Phi) is 9.65. The second-order valence-corrected chi connectivity index (χ2v) is 12.6. The molecule has 0 bridgehead atoms. The van der Waals surface area contributed by atoms with Crippen molar-refractivity contribution in [1.82, 2.24) is 20.6 Å². The standard InChI is InChI=1S/C37H32N4O7S/c42-30-14-11-27(28-12-16-33(44)41-34(28)30)31(43)21-38-18-22-9-13-29(39-19-22)35(45)40-20-26-10-15-32(49-26)23-5-4-8-25(17-23)37(48,36(46)47)24-6-2-1-3-7-24/h1-17,19,31,38,42-43,48H,18,20-21H2,(H,40,45)(H,41,44)(H,46,47). The summed E-state index contributed by atoms with van der Waals surface area (Å²) in [6, 6.07) is 28.1. The lowest BCUT2D eigenvalue weighted by Gasteiger charge is -2.25. The third kappa shape index (κ3) is 7.12. The fraction of sp³-hybridized carbons (Fsp3) is 0.135. The number of H-pyrrole nitrogens is 1. The number of rotatable bonds is 12. The number of carbonyl (C=O) groups is 2. The van der Waals surface area contributed by atoms with Gasteiger partial charge in [0.1, 0.15) is 11.4 Å². The van der Waals surface area contributed by atoms with Crippen molar-refractivity contribution in [1.29, 1.82) is 0 Å². The number of carboxylic acid groups (broad SMARTS) is 1. The van der Waals surface area contributed by atoms with Gasteiger partial charge >= 0.3 is 5.97 Å². The van der Waals surface area contributed by atoms with Gasteiger partial charge in [-0.15, -0.1) is 11.3 Å².